The van der Waals surface area contributed by atoms with Crippen molar-refractivity contribution in [2.75, 3.05) is 32.5 Å². The van der Waals surface area contributed by atoms with Gasteiger partial charge in [-0.05, 0) is 31.5 Å². The zero-order valence-corrected chi connectivity index (χ0v) is 12.7. The molecule has 0 fully saturated rings. The highest BCUT2D eigenvalue weighted by molar-refractivity contribution is 7.99. The first-order valence-corrected chi connectivity index (χ1v) is 8.01. The zero-order chi connectivity index (χ0) is 13.7. The summed E-state index contributed by atoms with van der Waals surface area (Å²) in [5, 5.41) is 0. The van der Waals surface area contributed by atoms with Gasteiger partial charge in [-0.3, -0.25) is 4.90 Å². The number of fused-ring (bicyclic) bond motifs is 1. The molecule has 0 spiro atoms. The minimum Gasteiger partial charge on any atom is -0.496 e. The average molecular weight is 280 g/mol. The molecule has 0 amide bonds. The smallest absolute Gasteiger partial charge is 0.123 e. The van der Waals surface area contributed by atoms with Gasteiger partial charge in [-0.1, -0.05) is 13.0 Å². The largest absolute Gasteiger partial charge is 0.496 e. The van der Waals surface area contributed by atoms with Crippen LogP contribution in [0.15, 0.2) is 23.1 Å². The molecule has 1 atom stereocenters. The molecular formula is C15H24N2OS. The van der Waals surface area contributed by atoms with Crippen LogP contribution in [0.1, 0.15) is 18.9 Å². The van der Waals surface area contributed by atoms with E-state index in [1.807, 2.05) is 11.8 Å². The Labute approximate surface area is 120 Å². The Morgan fingerprint density at radius 1 is 1.42 bits per heavy atom. The fourth-order valence-electron chi connectivity index (χ4n) is 2.72. The van der Waals surface area contributed by atoms with Crippen molar-refractivity contribution >= 4 is 11.8 Å². The average Bonchev–Trinajstić information content (AvgIpc) is 2.46. The Hall–Kier alpha value is -0.710. The summed E-state index contributed by atoms with van der Waals surface area (Å²) in [6, 6.07) is 6.92. The summed E-state index contributed by atoms with van der Waals surface area (Å²) in [4.78, 5) is 3.90. The maximum absolute atomic E-state index is 5.74. The number of rotatable bonds is 6. The summed E-state index contributed by atoms with van der Waals surface area (Å²) in [6.07, 6.45) is 2.26. The van der Waals surface area contributed by atoms with Gasteiger partial charge in [0.05, 0.1) is 7.11 Å². The Morgan fingerprint density at radius 3 is 2.95 bits per heavy atom. The molecular weight excluding hydrogens is 256 g/mol. The minimum atomic E-state index is 0.581. The quantitative estimate of drug-likeness (QED) is 0.868. The van der Waals surface area contributed by atoms with Crippen LogP contribution in [-0.4, -0.2) is 43.4 Å². The SMILES string of the molecule is CCCN(CCN)C1CSc2cccc(OC)c2C1. The van der Waals surface area contributed by atoms with Gasteiger partial charge in [0.25, 0.3) is 0 Å². The Bertz CT molecular complexity index is 391. The van der Waals surface area contributed by atoms with Crippen molar-refractivity contribution in [2.45, 2.75) is 30.7 Å². The predicted molar refractivity (Wildman–Crippen MR) is 82.1 cm³/mol. The van der Waals surface area contributed by atoms with Crippen LogP contribution in [0, 0.1) is 0 Å². The summed E-state index contributed by atoms with van der Waals surface area (Å²) in [6.45, 7) is 5.09. The van der Waals surface area contributed by atoms with Gasteiger partial charge in [0.15, 0.2) is 0 Å². The maximum Gasteiger partial charge on any atom is 0.123 e. The van der Waals surface area contributed by atoms with E-state index in [-0.39, 0.29) is 0 Å². The van der Waals surface area contributed by atoms with Crippen molar-refractivity contribution in [1.29, 1.82) is 0 Å². The molecule has 2 N–H and O–H groups in total. The van der Waals surface area contributed by atoms with Crippen molar-refractivity contribution in [1.82, 2.24) is 4.90 Å². The molecule has 4 heteroatoms. The molecule has 1 aromatic rings. The van der Waals surface area contributed by atoms with Crippen LogP contribution < -0.4 is 10.5 Å². The number of nitrogens with two attached hydrogens (primary N) is 1. The van der Waals surface area contributed by atoms with Crippen molar-refractivity contribution in [3.05, 3.63) is 23.8 Å². The lowest BCUT2D eigenvalue weighted by Crippen LogP contribution is -2.43. The van der Waals surface area contributed by atoms with Gasteiger partial charge in [0.1, 0.15) is 5.75 Å². The van der Waals surface area contributed by atoms with Crippen LogP contribution in [0.2, 0.25) is 0 Å². The lowest BCUT2D eigenvalue weighted by Gasteiger charge is -2.35. The molecule has 0 aromatic heterocycles. The molecule has 1 aliphatic rings. The summed E-state index contributed by atoms with van der Waals surface area (Å²) in [7, 11) is 1.76. The molecule has 0 saturated carbocycles. The second kappa shape index (κ2) is 7.17. The molecule has 3 nitrogen and oxygen atoms in total. The van der Waals surface area contributed by atoms with E-state index in [4.69, 9.17) is 10.5 Å². The van der Waals surface area contributed by atoms with Gasteiger partial charge in [-0.2, -0.15) is 0 Å². The van der Waals surface area contributed by atoms with E-state index >= 15 is 0 Å². The van der Waals surface area contributed by atoms with Crippen molar-refractivity contribution in [3.63, 3.8) is 0 Å². The molecule has 19 heavy (non-hydrogen) atoms. The van der Waals surface area contributed by atoms with Gasteiger partial charge >= 0.3 is 0 Å². The van der Waals surface area contributed by atoms with Gasteiger partial charge in [0.2, 0.25) is 0 Å². The van der Waals surface area contributed by atoms with Crippen LogP contribution in [0.5, 0.6) is 5.75 Å². The van der Waals surface area contributed by atoms with Crippen molar-refractivity contribution < 1.29 is 4.74 Å². The molecule has 106 valence electrons. The van der Waals surface area contributed by atoms with Gasteiger partial charge < -0.3 is 10.5 Å². The number of benzene rings is 1. The van der Waals surface area contributed by atoms with E-state index in [1.54, 1.807) is 7.11 Å². The first kappa shape index (κ1) is 14.7. The van der Waals surface area contributed by atoms with E-state index in [1.165, 1.54) is 16.9 Å². The monoisotopic (exact) mass is 280 g/mol. The maximum atomic E-state index is 5.74. The second-order valence-corrected chi connectivity index (χ2v) is 5.99. The Balaban J connectivity index is 2.15. The van der Waals surface area contributed by atoms with Gasteiger partial charge in [-0.25, -0.2) is 0 Å². The third kappa shape index (κ3) is 3.44. The van der Waals surface area contributed by atoms with Crippen LogP contribution in [0.3, 0.4) is 0 Å². The first-order valence-electron chi connectivity index (χ1n) is 7.03. The summed E-state index contributed by atoms with van der Waals surface area (Å²) in [5.74, 6) is 2.18. The molecule has 0 saturated heterocycles. The van der Waals surface area contributed by atoms with E-state index in [0.29, 0.717) is 6.04 Å². The number of hydrogen-bond donors (Lipinski definition) is 1. The molecule has 1 aliphatic heterocycles. The second-order valence-electron chi connectivity index (χ2n) is 4.93. The fourth-order valence-corrected chi connectivity index (χ4v) is 3.95. The standard InChI is InChI=1S/C15H24N2OS/c1-3-8-17(9-7-16)12-10-13-14(18-2)5-4-6-15(13)19-11-12/h4-6,12H,3,7-11,16H2,1-2H3. The molecule has 0 bridgehead atoms. The number of methoxy groups -OCH3 is 1. The van der Waals surface area contributed by atoms with Crippen molar-refractivity contribution in [3.8, 4) is 5.75 Å². The Kier molecular flexibility index (Phi) is 5.55. The summed E-state index contributed by atoms with van der Waals surface area (Å²) < 4.78 is 5.50. The highest BCUT2D eigenvalue weighted by Gasteiger charge is 2.25. The molecule has 2 rings (SSSR count). The number of thioether (sulfide) groups is 1. The predicted octanol–water partition coefficient (Wildman–Crippen LogP) is 2.38. The van der Waals surface area contributed by atoms with Crippen LogP contribution >= 0.6 is 11.8 Å². The van der Waals surface area contributed by atoms with Gasteiger partial charge in [0, 0.05) is 35.3 Å². The highest BCUT2D eigenvalue weighted by atomic mass is 32.2. The van der Waals surface area contributed by atoms with Crippen molar-refractivity contribution in [2.24, 2.45) is 5.73 Å². The minimum absolute atomic E-state index is 0.581. The normalized spacial score (nSPS) is 18.4. The number of nitrogens with zero attached hydrogens (tertiary/aromatic N) is 1. The lowest BCUT2D eigenvalue weighted by atomic mass is 10.0. The fraction of sp³-hybridized carbons (Fsp3) is 0.600. The Morgan fingerprint density at radius 2 is 2.26 bits per heavy atom. The molecule has 1 heterocycles. The summed E-state index contributed by atoms with van der Waals surface area (Å²) >= 11 is 1.94. The van der Waals surface area contributed by atoms with Crippen LogP contribution in [0.4, 0.5) is 0 Å². The van der Waals surface area contributed by atoms with E-state index < -0.39 is 0 Å². The molecule has 0 radical (unpaired) electrons. The third-order valence-electron chi connectivity index (χ3n) is 3.62. The van der Waals surface area contributed by atoms with E-state index in [9.17, 15) is 0 Å². The topological polar surface area (TPSA) is 38.5 Å². The molecule has 1 unspecified atom stereocenters. The number of hydrogen-bond acceptors (Lipinski definition) is 4. The third-order valence-corrected chi connectivity index (χ3v) is 4.87. The number of ether oxygens (including phenoxy) is 1. The first-order chi connectivity index (χ1) is 9.30. The van der Waals surface area contributed by atoms with Crippen LogP contribution in [-0.2, 0) is 6.42 Å². The lowest BCUT2D eigenvalue weighted by molar-refractivity contribution is 0.213. The van der Waals surface area contributed by atoms with E-state index in [2.05, 4.69) is 30.0 Å². The van der Waals surface area contributed by atoms with Gasteiger partial charge in [-0.15, -0.1) is 11.8 Å². The zero-order valence-electron chi connectivity index (χ0n) is 11.9. The highest BCUT2D eigenvalue weighted by Crippen LogP contribution is 2.37. The van der Waals surface area contributed by atoms with Crippen LogP contribution in [0.25, 0.3) is 0 Å². The van der Waals surface area contributed by atoms with E-state index in [0.717, 1.165) is 37.6 Å². The molecule has 0 aliphatic carbocycles. The summed E-state index contributed by atoms with van der Waals surface area (Å²) in [5.41, 5.74) is 7.11. The molecule has 1 aromatic carbocycles.